The first-order valence-corrected chi connectivity index (χ1v) is 6.78. The molecular weight excluding hydrogens is 262 g/mol. The lowest BCUT2D eigenvalue weighted by Crippen LogP contribution is -1.98. The molecule has 0 bridgehead atoms. The van der Waals surface area contributed by atoms with E-state index < -0.39 is 0 Å². The third-order valence-corrected chi connectivity index (χ3v) is 2.72. The Morgan fingerprint density at radius 1 is 1.05 bits per heavy atom. The van der Waals surface area contributed by atoms with E-state index >= 15 is 0 Å². The van der Waals surface area contributed by atoms with E-state index in [0.717, 1.165) is 17.9 Å². The molecule has 1 aromatic heterocycles. The summed E-state index contributed by atoms with van der Waals surface area (Å²) in [6.45, 7) is 2.73. The molecule has 0 unspecified atom stereocenters. The lowest BCUT2D eigenvalue weighted by molar-refractivity contribution is 0.300. The Hall–Kier alpha value is -1.74. The van der Waals surface area contributed by atoms with Gasteiger partial charge >= 0.3 is 0 Å². The summed E-state index contributed by atoms with van der Waals surface area (Å²) in [7, 11) is 0. The fourth-order valence-electron chi connectivity index (χ4n) is 1.57. The van der Waals surface area contributed by atoms with Gasteiger partial charge in [-0.25, -0.2) is 4.98 Å². The number of benzene rings is 1. The average molecular weight is 278 g/mol. The molecule has 0 saturated heterocycles. The molecule has 100 valence electrons. The number of para-hydroxylation sites is 2. The van der Waals surface area contributed by atoms with Crippen molar-refractivity contribution in [3.05, 3.63) is 48.2 Å². The Labute approximate surface area is 118 Å². The molecule has 2 aromatic rings. The van der Waals surface area contributed by atoms with E-state index in [1.165, 1.54) is 0 Å². The predicted molar refractivity (Wildman–Crippen MR) is 76.1 cm³/mol. The van der Waals surface area contributed by atoms with Crippen LogP contribution in [0.15, 0.2) is 42.5 Å². The fourth-order valence-corrected chi connectivity index (χ4v) is 1.72. The summed E-state index contributed by atoms with van der Waals surface area (Å²) in [6.07, 6.45) is 0.953. The molecular formula is C15H16ClNO2. The van der Waals surface area contributed by atoms with Gasteiger partial charge in [0.2, 0.25) is 5.88 Å². The van der Waals surface area contributed by atoms with Gasteiger partial charge < -0.3 is 9.47 Å². The van der Waals surface area contributed by atoms with Crippen LogP contribution in [-0.2, 0) is 5.88 Å². The minimum absolute atomic E-state index is 0.366. The highest BCUT2D eigenvalue weighted by molar-refractivity contribution is 6.16. The largest absolute Gasteiger partial charge is 0.490 e. The van der Waals surface area contributed by atoms with Crippen LogP contribution in [0.1, 0.15) is 19.0 Å². The van der Waals surface area contributed by atoms with Crippen LogP contribution in [0.25, 0.3) is 0 Å². The van der Waals surface area contributed by atoms with Gasteiger partial charge in [-0.3, -0.25) is 0 Å². The van der Waals surface area contributed by atoms with Crippen LogP contribution >= 0.6 is 11.6 Å². The first-order valence-electron chi connectivity index (χ1n) is 6.25. The van der Waals surface area contributed by atoms with Gasteiger partial charge in [0.25, 0.3) is 0 Å². The summed E-state index contributed by atoms with van der Waals surface area (Å²) in [4.78, 5) is 4.30. The van der Waals surface area contributed by atoms with E-state index in [2.05, 4.69) is 11.9 Å². The molecule has 0 saturated carbocycles. The van der Waals surface area contributed by atoms with Crippen molar-refractivity contribution < 1.29 is 9.47 Å². The molecule has 0 amide bonds. The van der Waals surface area contributed by atoms with Crippen molar-refractivity contribution in [1.82, 2.24) is 4.98 Å². The Balaban J connectivity index is 2.17. The van der Waals surface area contributed by atoms with Gasteiger partial charge in [0, 0.05) is 6.07 Å². The van der Waals surface area contributed by atoms with Crippen LogP contribution < -0.4 is 9.47 Å². The van der Waals surface area contributed by atoms with Crippen LogP contribution in [0.5, 0.6) is 17.4 Å². The predicted octanol–water partition coefficient (Wildman–Crippen LogP) is 4.40. The molecule has 2 rings (SSSR count). The van der Waals surface area contributed by atoms with E-state index in [4.69, 9.17) is 21.1 Å². The van der Waals surface area contributed by atoms with Crippen LogP contribution in [0.2, 0.25) is 0 Å². The average Bonchev–Trinajstić information content (AvgIpc) is 2.46. The highest BCUT2D eigenvalue weighted by atomic mass is 35.5. The number of ether oxygens (including phenoxy) is 2. The van der Waals surface area contributed by atoms with E-state index in [1.807, 2.05) is 36.4 Å². The lowest BCUT2D eigenvalue weighted by Gasteiger charge is -2.11. The van der Waals surface area contributed by atoms with E-state index in [-0.39, 0.29) is 0 Å². The van der Waals surface area contributed by atoms with Crippen molar-refractivity contribution in [2.24, 2.45) is 0 Å². The molecule has 19 heavy (non-hydrogen) atoms. The van der Waals surface area contributed by atoms with Crippen molar-refractivity contribution in [3.63, 3.8) is 0 Å². The Kier molecular flexibility index (Phi) is 5.04. The van der Waals surface area contributed by atoms with Gasteiger partial charge in [-0.1, -0.05) is 25.1 Å². The van der Waals surface area contributed by atoms with Crippen LogP contribution in [-0.4, -0.2) is 11.6 Å². The zero-order valence-electron chi connectivity index (χ0n) is 10.8. The number of rotatable bonds is 6. The molecule has 0 spiro atoms. The minimum Gasteiger partial charge on any atom is -0.490 e. The second-order valence-electron chi connectivity index (χ2n) is 4.00. The first kappa shape index (κ1) is 13.7. The van der Waals surface area contributed by atoms with Crippen LogP contribution in [0.4, 0.5) is 0 Å². The van der Waals surface area contributed by atoms with Crippen molar-refractivity contribution >= 4 is 11.6 Å². The van der Waals surface area contributed by atoms with Crippen molar-refractivity contribution in [3.8, 4) is 17.4 Å². The van der Waals surface area contributed by atoms with Gasteiger partial charge in [-0.2, -0.15) is 0 Å². The number of hydrogen-bond donors (Lipinski definition) is 0. The highest BCUT2D eigenvalue weighted by Gasteiger charge is 2.06. The number of nitrogens with zero attached hydrogens (tertiary/aromatic N) is 1. The van der Waals surface area contributed by atoms with Crippen molar-refractivity contribution in [2.45, 2.75) is 19.2 Å². The maximum absolute atomic E-state index is 5.76. The number of halogens is 1. The molecule has 0 radical (unpaired) electrons. The molecule has 0 atom stereocenters. The molecule has 3 nitrogen and oxygen atoms in total. The molecule has 0 aliphatic heterocycles. The molecule has 0 fully saturated rings. The summed E-state index contributed by atoms with van der Waals surface area (Å²) in [5.74, 6) is 2.27. The van der Waals surface area contributed by atoms with Gasteiger partial charge in [0.05, 0.1) is 18.2 Å². The fraction of sp³-hybridized carbons (Fsp3) is 0.267. The Morgan fingerprint density at radius 2 is 1.84 bits per heavy atom. The molecule has 0 N–H and O–H groups in total. The zero-order chi connectivity index (χ0) is 13.5. The normalized spacial score (nSPS) is 10.2. The maximum atomic E-state index is 5.76. The summed E-state index contributed by atoms with van der Waals surface area (Å²) in [5.41, 5.74) is 0.783. The minimum atomic E-state index is 0.366. The number of hydrogen-bond acceptors (Lipinski definition) is 3. The highest BCUT2D eigenvalue weighted by Crippen LogP contribution is 2.30. The Bertz CT molecular complexity index is 531. The van der Waals surface area contributed by atoms with Crippen molar-refractivity contribution in [2.75, 3.05) is 6.61 Å². The monoisotopic (exact) mass is 277 g/mol. The van der Waals surface area contributed by atoms with Crippen LogP contribution in [0.3, 0.4) is 0 Å². The topological polar surface area (TPSA) is 31.4 Å². The third kappa shape index (κ3) is 3.86. The van der Waals surface area contributed by atoms with Gasteiger partial charge in [-0.15, -0.1) is 11.6 Å². The Morgan fingerprint density at radius 3 is 2.58 bits per heavy atom. The van der Waals surface area contributed by atoms with E-state index in [1.54, 1.807) is 6.07 Å². The van der Waals surface area contributed by atoms with Gasteiger partial charge in [0.1, 0.15) is 0 Å². The van der Waals surface area contributed by atoms with Gasteiger partial charge in [-0.05, 0) is 24.6 Å². The summed E-state index contributed by atoms with van der Waals surface area (Å²) >= 11 is 5.76. The SMILES string of the molecule is CCCOc1ccccc1Oc1cccc(CCl)n1. The second kappa shape index (κ2) is 7.00. The van der Waals surface area contributed by atoms with Crippen molar-refractivity contribution in [1.29, 1.82) is 0 Å². The lowest BCUT2D eigenvalue weighted by atomic mass is 10.3. The molecule has 1 heterocycles. The standard InChI is InChI=1S/C15H16ClNO2/c1-2-10-18-13-7-3-4-8-14(13)19-15-9-5-6-12(11-16)17-15/h3-9H,2,10-11H2,1H3. The summed E-state index contributed by atoms with van der Waals surface area (Å²) in [6, 6.07) is 13.1. The summed E-state index contributed by atoms with van der Waals surface area (Å²) in [5, 5.41) is 0. The van der Waals surface area contributed by atoms with Crippen LogP contribution in [0, 0.1) is 0 Å². The molecule has 4 heteroatoms. The molecule has 1 aromatic carbocycles. The number of pyridine rings is 1. The molecule has 0 aliphatic carbocycles. The first-order chi connectivity index (χ1) is 9.33. The maximum Gasteiger partial charge on any atom is 0.219 e. The zero-order valence-corrected chi connectivity index (χ0v) is 11.6. The van der Waals surface area contributed by atoms with E-state index in [0.29, 0.717) is 24.1 Å². The summed E-state index contributed by atoms with van der Waals surface area (Å²) < 4.78 is 11.4. The quantitative estimate of drug-likeness (QED) is 0.733. The van der Waals surface area contributed by atoms with Gasteiger partial charge in [0.15, 0.2) is 11.5 Å². The third-order valence-electron chi connectivity index (χ3n) is 2.44. The smallest absolute Gasteiger partial charge is 0.219 e. The number of alkyl halides is 1. The molecule has 0 aliphatic rings. The second-order valence-corrected chi connectivity index (χ2v) is 4.27. The number of aromatic nitrogens is 1. The van der Waals surface area contributed by atoms with E-state index in [9.17, 15) is 0 Å².